The molecule has 0 aromatic heterocycles. The van der Waals surface area contributed by atoms with Crippen molar-refractivity contribution in [2.45, 2.75) is 32.9 Å². The molecule has 2 aromatic carbocycles. The Hall–Kier alpha value is -2.48. The molecule has 1 aliphatic heterocycles. The Morgan fingerprint density at radius 3 is 2.58 bits per heavy atom. The zero-order chi connectivity index (χ0) is 22.4. The Morgan fingerprint density at radius 1 is 1.19 bits per heavy atom. The lowest BCUT2D eigenvalue weighted by Crippen LogP contribution is -2.55. The van der Waals surface area contributed by atoms with E-state index in [1.54, 1.807) is 18.2 Å². The summed E-state index contributed by atoms with van der Waals surface area (Å²) < 4.78 is 19.0. The van der Waals surface area contributed by atoms with Gasteiger partial charge in [-0.2, -0.15) is 0 Å². The van der Waals surface area contributed by atoms with Gasteiger partial charge in [-0.05, 0) is 44.0 Å². The molecule has 1 heterocycles. The maximum Gasteiger partial charge on any atom is 0.238 e. The van der Waals surface area contributed by atoms with Crippen LogP contribution in [0.25, 0.3) is 0 Å². The van der Waals surface area contributed by atoms with E-state index in [1.807, 2.05) is 32.0 Å². The van der Waals surface area contributed by atoms with Gasteiger partial charge in [0.15, 0.2) is 11.6 Å². The van der Waals surface area contributed by atoms with E-state index in [4.69, 9.17) is 4.74 Å². The van der Waals surface area contributed by atoms with Crippen LogP contribution in [0, 0.1) is 19.7 Å². The second kappa shape index (κ2) is 10.7. The van der Waals surface area contributed by atoms with Gasteiger partial charge in [0.1, 0.15) is 12.7 Å². The van der Waals surface area contributed by atoms with Crippen LogP contribution in [0.3, 0.4) is 0 Å². The summed E-state index contributed by atoms with van der Waals surface area (Å²) in [6.07, 6.45) is -0.721. The van der Waals surface area contributed by atoms with E-state index in [1.165, 1.54) is 6.07 Å². The van der Waals surface area contributed by atoms with E-state index < -0.39 is 11.9 Å². The molecule has 0 bridgehead atoms. The van der Waals surface area contributed by atoms with Crippen molar-refractivity contribution >= 4 is 11.6 Å². The van der Waals surface area contributed by atoms with Gasteiger partial charge in [-0.3, -0.25) is 14.6 Å². The van der Waals surface area contributed by atoms with Gasteiger partial charge in [-0.1, -0.05) is 30.3 Å². The molecule has 1 amide bonds. The summed E-state index contributed by atoms with van der Waals surface area (Å²) in [6.45, 7) is 9.10. The van der Waals surface area contributed by atoms with Crippen LogP contribution < -0.4 is 10.1 Å². The SMILES string of the molecule is Cc1cccc(C)c1NC(=O)CN1CCN(CC(O)COc2ccccc2F)C(C)C1. The number of piperazine rings is 1. The molecule has 7 heteroatoms. The van der Waals surface area contributed by atoms with Gasteiger partial charge in [-0.25, -0.2) is 4.39 Å². The molecule has 31 heavy (non-hydrogen) atoms. The molecule has 2 atom stereocenters. The van der Waals surface area contributed by atoms with Crippen LogP contribution >= 0.6 is 0 Å². The lowest BCUT2D eigenvalue weighted by atomic mass is 10.1. The number of hydrogen-bond donors (Lipinski definition) is 2. The monoisotopic (exact) mass is 429 g/mol. The summed E-state index contributed by atoms with van der Waals surface area (Å²) in [5.74, 6) is -0.304. The third-order valence-electron chi connectivity index (χ3n) is 5.68. The molecule has 2 aromatic rings. The molecule has 3 rings (SSSR count). The molecule has 0 saturated carbocycles. The molecular formula is C24H32FN3O3. The minimum absolute atomic E-state index is 0.0172. The summed E-state index contributed by atoms with van der Waals surface area (Å²) >= 11 is 0. The summed E-state index contributed by atoms with van der Waals surface area (Å²) in [5, 5.41) is 13.4. The number of carbonyl (C=O) groups excluding carboxylic acids is 1. The summed E-state index contributed by atoms with van der Waals surface area (Å²) in [6, 6.07) is 12.3. The Morgan fingerprint density at radius 2 is 1.90 bits per heavy atom. The Labute approximate surface area is 183 Å². The molecule has 2 unspecified atom stereocenters. The number of ether oxygens (including phenoxy) is 1. The zero-order valence-electron chi connectivity index (χ0n) is 18.5. The zero-order valence-corrected chi connectivity index (χ0v) is 18.5. The van der Waals surface area contributed by atoms with Gasteiger partial charge >= 0.3 is 0 Å². The molecule has 1 saturated heterocycles. The number of halogens is 1. The highest BCUT2D eigenvalue weighted by molar-refractivity contribution is 5.93. The molecule has 2 N–H and O–H groups in total. The van der Waals surface area contributed by atoms with Crippen molar-refractivity contribution in [3.05, 3.63) is 59.4 Å². The fourth-order valence-corrected chi connectivity index (χ4v) is 3.95. The molecule has 168 valence electrons. The fraction of sp³-hybridized carbons (Fsp3) is 0.458. The van der Waals surface area contributed by atoms with Gasteiger partial charge in [0.25, 0.3) is 0 Å². The highest BCUT2D eigenvalue weighted by Gasteiger charge is 2.26. The summed E-state index contributed by atoms with van der Waals surface area (Å²) in [7, 11) is 0. The third kappa shape index (κ3) is 6.50. The number of aliphatic hydroxyl groups excluding tert-OH is 1. The predicted molar refractivity (Wildman–Crippen MR) is 120 cm³/mol. The number of β-amino-alcohol motifs (C(OH)–C–C–N with tert-alkyl or cyclic N) is 1. The van der Waals surface area contributed by atoms with E-state index in [0.29, 0.717) is 13.1 Å². The first kappa shape index (κ1) is 23.2. The van der Waals surface area contributed by atoms with Crippen LogP contribution in [0.15, 0.2) is 42.5 Å². The van der Waals surface area contributed by atoms with Crippen LogP contribution in [0.1, 0.15) is 18.1 Å². The number of amides is 1. The van der Waals surface area contributed by atoms with E-state index in [0.717, 1.165) is 36.4 Å². The van der Waals surface area contributed by atoms with Crippen molar-refractivity contribution < 1.29 is 19.0 Å². The first-order valence-electron chi connectivity index (χ1n) is 10.7. The van der Waals surface area contributed by atoms with Crippen LogP contribution in [0.5, 0.6) is 5.75 Å². The first-order valence-corrected chi connectivity index (χ1v) is 10.7. The van der Waals surface area contributed by atoms with Crippen LogP contribution in [-0.4, -0.2) is 72.3 Å². The largest absolute Gasteiger partial charge is 0.488 e. The quantitative estimate of drug-likeness (QED) is 0.676. The van der Waals surface area contributed by atoms with Gasteiger partial charge in [-0.15, -0.1) is 0 Å². The van der Waals surface area contributed by atoms with Crippen molar-refractivity contribution in [1.29, 1.82) is 0 Å². The molecule has 1 fully saturated rings. The number of benzene rings is 2. The number of carbonyl (C=O) groups is 1. The minimum Gasteiger partial charge on any atom is -0.488 e. The maximum absolute atomic E-state index is 13.6. The number of aryl methyl sites for hydroxylation is 2. The van der Waals surface area contributed by atoms with Crippen LogP contribution in [-0.2, 0) is 4.79 Å². The highest BCUT2D eigenvalue weighted by atomic mass is 19.1. The average Bonchev–Trinajstić information content (AvgIpc) is 2.72. The minimum atomic E-state index is -0.721. The van der Waals surface area contributed by atoms with Crippen molar-refractivity contribution in [3.63, 3.8) is 0 Å². The Balaban J connectivity index is 1.43. The second-order valence-corrected chi connectivity index (χ2v) is 8.29. The topological polar surface area (TPSA) is 65.0 Å². The number of hydrogen-bond acceptors (Lipinski definition) is 5. The summed E-state index contributed by atoms with van der Waals surface area (Å²) in [4.78, 5) is 16.9. The second-order valence-electron chi connectivity index (χ2n) is 8.29. The normalized spacial score (nSPS) is 18.5. The first-order chi connectivity index (χ1) is 14.8. The maximum atomic E-state index is 13.6. The van der Waals surface area contributed by atoms with Gasteiger partial charge in [0.2, 0.25) is 5.91 Å². The van der Waals surface area contributed by atoms with Crippen molar-refractivity contribution in [1.82, 2.24) is 9.80 Å². The number of aliphatic hydroxyl groups is 1. The van der Waals surface area contributed by atoms with E-state index in [-0.39, 0.29) is 24.3 Å². The average molecular weight is 430 g/mol. The number of anilines is 1. The molecular weight excluding hydrogens is 397 g/mol. The number of nitrogens with one attached hydrogen (secondary N) is 1. The fourth-order valence-electron chi connectivity index (χ4n) is 3.95. The van der Waals surface area contributed by atoms with Crippen molar-refractivity contribution in [3.8, 4) is 5.75 Å². The predicted octanol–water partition coefficient (Wildman–Crippen LogP) is 2.83. The van der Waals surface area contributed by atoms with Crippen LogP contribution in [0.4, 0.5) is 10.1 Å². The Bertz CT molecular complexity index is 872. The highest BCUT2D eigenvalue weighted by Crippen LogP contribution is 2.20. The number of nitrogens with zero attached hydrogens (tertiary/aromatic N) is 2. The lowest BCUT2D eigenvalue weighted by Gasteiger charge is -2.40. The summed E-state index contributed by atoms with van der Waals surface area (Å²) in [5.41, 5.74) is 2.99. The molecule has 1 aliphatic rings. The van der Waals surface area contributed by atoms with Crippen molar-refractivity contribution in [2.24, 2.45) is 0 Å². The van der Waals surface area contributed by atoms with E-state index in [2.05, 4.69) is 22.0 Å². The molecule has 6 nitrogen and oxygen atoms in total. The number of rotatable bonds is 8. The lowest BCUT2D eigenvalue weighted by molar-refractivity contribution is -0.118. The van der Waals surface area contributed by atoms with Crippen molar-refractivity contribution in [2.75, 3.05) is 44.6 Å². The van der Waals surface area contributed by atoms with Gasteiger partial charge in [0, 0.05) is 37.9 Å². The molecule has 0 spiro atoms. The number of para-hydroxylation sites is 2. The Kier molecular flexibility index (Phi) is 8.01. The third-order valence-corrected chi connectivity index (χ3v) is 5.68. The smallest absolute Gasteiger partial charge is 0.238 e. The van der Waals surface area contributed by atoms with Gasteiger partial charge < -0.3 is 15.2 Å². The molecule has 0 radical (unpaired) electrons. The van der Waals surface area contributed by atoms with Crippen LogP contribution in [0.2, 0.25) is 0 Å². The van der Waals surface area contributed by atoms with E-state index in [9.17, 15) is 14.3 Å². The van der Waals surface area contributed by atoms with Gasteiger partial charge in [0.05, 0.1) is 6.54 Å². The molecule has 0 aliphatic carbocycles. The van der Waals surface area contributed by atoms with E-state index >= 15 is 0 Å². The standard InChI is InChI=1S/C24H32FN3O3/c1-17-7-6-8-18(2)24(17)26-23(30)15-27-11-12-28(19(3)13-27)14-20(29)16-31-22-10-5-4-9-21(22)25/h4-10,19-20,29H,11-16H2,1-3H3,(H,26,30).